The number of imide groups is 2. The van der Waals surface area contributed by atoms with E-state index in [1.54, 1.807) is 0 Å². The second kappa shape index (κ2) is 16.6. The SMILES string of the molecule is CC(C)(C)[Si](C)(C)O[C@H]1CC(n2c3ccccc3c3c4c(c5c6cc(Br)ccc6[nH]c5c32)C(=O)NC4=O)[C@H](O)[C@@H]1O.O=C1NC(=O)c2c1c1c3cc(Br)ccc3[nH]c1c1c2c2ccccc2n1C1C[C@H](O)[C@@H](O)[C@H]1O. The van der Waals surface area contributed by atoms with E-state index in [0.29, 0.717) is 66.8 Å². The fourth-order valence-corrected chi connectivity index (χ4v) is 14.5. The number of hydrogen-bond donors (Lipinski definition) is 9. The number of halogens is 2. The fraction of sp³-hybridized carbons (Fsp3) is 0.286. The van der Waals surface area contributed by atoms with Crippen molar-refractivity contribution in [1.29, 1.82) is 0 Å². The van der Waals surface area contributed by atoms with Crippen LogP contribution >= 0.6 is 31.9 Å². The van der Waals surface area contributed by atoms with Crippen LogP contribution in [0.4, 0.5) is 0 Å². The number of nitrogens with zero attached hydrogens (tertiary/aromatic N) is 2. The normalized spacial score (nSPS) is 24.0. The Bertz CT molecular complexity index is 4230. The number of nitrogens with one attached hydrogen (secondary N) is 4. The first-order chi connectivity index (χ1) is 35.7. The van der Waals surface area contributed by atoms with Crippen LogP contribution in [0, 0.1) is 0 Å². The number of rotatable bonds is 4. The molecule has 6 aromatic carbocycles. The lowest BCUT2D eigenvalue weighted by Gasteiger charge is -2.39. The highest BCUT2D eigenvalue weighted by molar-refractivity contribution is 9.10. The molecule has 6 heterocycles. The van der Waals surface area contributed by atoms with Gasteiger partial charge in [-0.3, -0.25) is 29.8 Å². The third-order valence-electron chi connectivity index (χ3n) is 16.8. The van der Waals surface area contributed by atoms with Crippen LogP contribution in [0.25, 0.3) is 87.2 Å². The van der Waals surface area contributed by atoms with Gasteiger partial charge in [-0.25, -0.2) is 0 Å². The number of benzene rings is 6. The molecule has 2 fully saturated rings. The minimum Gasteiger partial charge on any atom is -0.411 e. The van der Waals surface area contributed by atoms with Crippen LogP contribution in [0.2, 0.25) is 18.1 Å². The van der Waals surface area contributed by atoms with Crippen molar-refractivity contribution < 1.29 is 49.1 Å². The van der Waals surface area contributed by atoms with Gasteiger partial charge in [-0.15, -0.1) is 0 Å². The van der Waals surface area contributed by atoms with E-state index in [4.69, 9.17) is 4.43 Å². The van der Waals surface area contributed by atoms with Crippen molar-refractivity contribution >= 4 is 151 Å². The maximum Gasteiger partial charge on any atom is 0.259 e. The molecule has 2 unspecified atom stereocenters. The predicted octanol–water partition coefficient (Wildman–Crippen LogP) is 9.23. The van der Waals surface area contributed by atoms with Crippen LogP contribution in [0.5, 0.6) is 0 Å². The zero-order valence-electron chi connectivity index (χ0n) is 41.0. The molecule has 4 aliphatic rings. The molecule has 4 amide bonds. The first kappa shape index (κ1) is 48.4. The smallest absolute Gasteiger partial charge is 0.259 e. The van der Waals surface area contributed by atoms with Crippen molar-refractivity contribution in [2.75, 3.05) is 0 Å². The van der Waals surface area contributed by atoms with Crippen LogP contribution in [0.1, 0.15) is 87.1 Å². The largest absolute Gasteiger partial charge is 0.411 e. The number of H-pyrrole nitrogens is 2. The number of carbonyl (C=O) groups excluding carboxylic acids is 4. The average molecular weight is 1150 g/mol. The minimum atomic E-state index is -2.25. The zero-order chi connectivity index (χ0) is 52.6. The van der Waals surface area contributed by atoms with Gasteiger partial charge in [-0.1, -0.05) is 89.0 Å². The minimum absolute atomic E-state index is 0.0617. The highest BCUT2D eigenvalue weighted by Crippen LogP contribution is 2.50. The van der Waals surface area contributed by atoms with E-state index < -0.39 is 80.7 Å². The molecule has 16 nitrogen and oxygen atoms in total. The number of aromatic nitrogens is 4. The number of aliphatic hydroxyl groups is 5. The van der Waals surface area contributed by atoms with Crippen LogP contribution in [0.3, 0.4) is 0 Å². The first-order valence-electron chi connectivity index (χ1n) is 24.8. The number of para-hydroxylation sites is 2. The molecule has 9 N–H and O–H groups in total. The van der Waals surface area contributed by atoms with Gasteiger partial charge in [0.05, 0.1) is 68.6 Å². The van der Waals surface area contributed by atoms with Gasteiger partial charge in [-0.05, 0) is 79.5 Å². The first-order valence-corrected chi connectivity index (χ1v) is 29.3. The number of carbonyl (C=O) groups is 4. The number of fused-ring (bicyclic) bond motifs is 20. The van der Waals surface area contributed by atoms with Gasteiger partial charge in [0.2, 0.25) is 0 Å². The van der Waals surface area contributed by atoms with Crippen LogP contribution in [0.15, 0.2) is 93.9 Å². The molecule has 2 saturated carbocycles. The molecule has 10 aromatic rings. The van der Waals surface area contributed by atoms with Crippen molar-refractivity contribution in [2.24, 2.45) is 0 Å². The summed E-state index contributed by atoms with van der Waals surface area (Å²) in [6.07, 6.45) is -5.73. The summed E-state index contributed by atoms with van der Waals surface area (Å²) in [5.74, 6) is -1.77. The fourth-order valence-electron chi connectivity index (χ4n) is 12.4. The van der Waals surface area contributed by atoms with Gasteiger partial charge in [0.1, 0.15) is 24.4 Å². The summed E-state index contributed by atoms with van der Waals surface area (Å²) in [7, 11) is -2.25. The molecule has 19 heteroatoms. The van der Waals surface area contributed by atoms with Crippen LogP contribution in [-0.2, 0) is 4.43 Å². The standard InChI is InChI=1S/C31H32BrN3O5Si.C25H18BrN3O5/c1-31(2,3)41(4,5)40-20-13-19(27(36)28(20)37)35-18-9-7-6-8-15(18)22-24-23(29(38)34-30(24)39)21-16-12-14(32)10-11-17(16)33-25(21)26(22)35;26-9-5-6-12-11(7-9)16-18-19(25(34)28-24(18)33)17-10-3-1-2-4-13(10)29(21(17)20(16)27-12)14-8-15(30)23(32)22(14)31/h6-12,19-20,27-28,33,36-37H,13H2,1-5H3,(H,34,38,39);1-7,14-15,22-23,27,30-32H,8H2,(H,28,33,34)/t19?,20-,27-,28+;14?,15-,22-,23+/m00/s1. The van der Waals surface area contributed by atoms with Gasteiger partial charge in [-0.2, -0.15) is 0 Å². The number of amides is 4. The third-order valence-corrected chi connectivity index (χ3v) is 22.3. The van der Waals surface area contributed by atoms with E-state index in [0.717, 1.165) is 58.1 Å². The highest BCUT2D eigenvalue weighted by atomic mass is 79.9. The quantitative estimate of drug-likeness (QED) is 0.0597. The summed E-state index contributed by atoms with van der Waals surface area (Å²) >= 11 is 7.06. The summed E-state index contributed by atoms with van der Waals surface area (Å²) in [6, 6.07) is 25.6. The van der Waals surface area contributed by atoms with Crippen LogP contribution < -0.4 is 10.6 Å². The van der Waals surface area contributed by atoms with Crippen molar-refractivity contribution in [3.05, 3.63) is 116 Å². The Labute approximate surface area is 444 Å². The maximum absolute atomic E-state index is 13.4. The predicted molar refractivity (Wildman–Crippen MR) is 296 cm³/mol. The Morgan fingerprint density at radius 1 is 0.547 bits per heavy atom. The molecule has 0 radical (unpaired) electrons. The van der Waals surface area contributed by atoms with Gasteiger partial charge in [0.25, 0.3) is 23.6 Å². The Hall–Kier alpha value is -6.26. The van der Waals surface area contributed by atoms with E-state index in [9.17, 15) is 44.7 Å². The van der Waals surface area contributed by atoms with Crippen molar-refractivity contribution in [1.82, 2.24) is 29.7 Å². The topological polar surface area (TPSA) is 244 Å². The zero-order valence-corrected chi connectivity index (χ0v) is 45.2. The molecule has 2 aliphatic carbocycles. The molecular weight excluding hydrogens is 1100 g/mol. The van der Waals surface area contributed by atoms with E-state index in [2.05, 4.69) is 90.9 Å². The van der Waals surface area contributed by atoms with E-state index >= 15 is 0 Å². The summed E-state index contributed by atoms with van der Waals surface area (Å²) in [5, 5.41) is 65.1. The number of aliphatic hydroxyl groups excluding tert-OH is 5. The molecule has 8 atom stereocenters. The molecule has 0 spiro atoms. The van der Waals surface area contributed by atoms with E-state index in [-0.39, 0.29) is 11.5 Å². The van der Waals surface area contributed by atoms with E-state index in [1.807, 2.05) is 89.5 Å². The van der Waals surface area contributed by atoms with Gasteiger partial charge >= 0.3 is 0 Å². The Kier molecular flexibility index (Phi) is 10.7. The third kappa shape index (κ3) is 6.78. The van der Waals surface area contributed by atoms with Crippen molar-refractivity contribution in [2.45, 2.75) is 100 Å². The van der Waals surface area contributed by atoms with Gasteiger partial charge < -0.3 is 49.1 Å². The second-order valence-electron chi connectivity index (χ2n) is 22.0. The lowest BCUT2D eigenvalue weighted by Crippen LogP contribution is -2.46. The summed E-state index contributed by atoms with van der Waals surface area (Å²) < 4.78 is 12.3. The average Bonchev–Trinajstić information content (AvgIpc) is 4.25. The Morgan fingerprint density at radius 2 is 0.960 bits per heavy atom. The lowest BCUT2D eigenvalue weighted by molar-refractivity contribution is -0.0241. The number of aromatic amines is 2. The van der Waals surface area contributed by atoms with E-state index in [1.165, 1.54) is 0 Å². The lowest BCUT2D eigenvalue weighted by atomic mass is 9.96. The Balaban J connectivity index is 0.000000147. The summed E-state index contributed by atoms with van der Waals surface area (Å²) in [5.41, 5.74) is 7.25. The molecule has 0 saturated heterocycles. The maximum atomic E-state index is 13.4. The van der Waals surface area contributed by atoms with Gasteiger partial charge in [0.15, 0.2) is 8.32 Å². The monoisotopic (exact) mass is 1150 g/mol. The molecule has 4 aromatic heterocycles. The number of hydrogen-bond acceptors (Lipinski definition) is 10. The highest BCUT2D eigenvalue weighted by Gasteiger charge is 2.50. The van der Waals surface area contributed by atoms with Crippen molar-refractivity contribution in [3.63, 3.8) is 0 Å². The van der Waals surface area contributed by atoms with Gasteiger partial charge in [0, 0.05) is 74.1 Å². The van der Waals surface area contributed by atoms with Crippen LogP contribution in [-0.4, -0.2) is 113 Å². The second-order valence-corrected chi connectivity index (χ2v) is 28.6. The Morgan fingerprint density at radius 3 is 1.39 bits per heavy atom. The molecule has 2 aliphatic heterocycles. The molecule has 0 bridgehead atoms. The molecule has 382 valence electrons. The summed E-state index contributed by atoms with van der Waals surface area (Å²) in [6.45, 7) is 10.7. The molecule has 14 rings (SSSR count). The molecule has 75 heavy (non-hydrogen) atoms. The summed E-state index contributed by atoms with van der Waals surface area (Å²) in [4.78, 5) is 59.8. The molecular formula is C56H50Br2N6O10Si. The van der Waals surface area contributed by atoms with Crippen molar-refractivity contribution in [3.8, 4) is 0 Å².